The Balaban J connectivity index is 1.35. The molecule has 0 N–H and O–H groups in total. The molecule has 1 aliphatic heterocycles. The largest absolute Gasteiger partial charge is 0.468 e. The highest BCUT2D eigenvalue weighted by atomic mass is 16.5. The van der Waals surface area contributed by atoms with Crippen molar-refractivity contribution in [3.8, 4) is 0 Å². The summed E-state index contributed by atoms with van der Waals surface area (Å²) < 4.78 is 11.6. The van der Waals surface area contributed by atoms with E-state index in [1.807, 2.05) is 30.6 Å². The van der Waals surface area contributed by atoms with Crippen LogP contribution in [-0.4, -0.2) is 29.6 Å². The van der Waals surface area contributed by atoms with Crippen LogP contribution in [-0.2, 0) is 17.9 Å². The van der Waals surface area contributed by atoms with E-state index in [1.54, 1.807) is 6.26 Å². The number of fused-ring (bicyclic) bond motifs is 1. The molecule has 2 aliphatic rings. The molecule has 0 spiro atoms. The molecule has 23 heavy (non-hydrogen) atoms. The summed E-state index contributed by atoms with van der Waals surface area (Å²) in [4.78, 5) is 6.60. The SMILES string of the molecule is c1coc(CN2C[C@H]3CCC[C@@]3(COCc3ccncc3)C2)c1. The van der Waals surface area contributed by atoms with Gasteiger partial charge in [-0.15, -0.1) is 0 Å². The molecule has 1 saturated carbocycles. The molecule has 0 unspecified atom stereocenters. The van der Waals surface area contributed by atoms with E-state index in [4.69, 9.17) is 9.15 Å². The highest BCUT2D eigenvalue weighted by Crippen LogP contribution is 2.49. The summed E-state index contributed by atoms with van der Waals surface area (Å²) in [6.07, 6.45) is 9.40. The topological polar surface area (TPSA) is 38.5 Å². The summed E-state index contributed by atoms with van der Waals surface area (Å²) in [7, 11) is 0. The standard InChI is InChI=1S/C19H24N2O2/c1-3-17-11-21(12-18-4-2-10-23-18)14-19(17,7-1)15-22-13-16-5-8-20-9-6-16/h2,4-6,8-10,17H,1,3,7,11-15H2/t17-,19+/m1/s1. The van der Waals surface area contributed by atoms with Crippen LogP contribution in [0.4, 0.5) is 0 Å². The third-order valence-electron chi connectivity index (χ3n) is 5.48. The predicted molar refractivity (Wildman–Crippen MR) is 87.7 cm³/mol. The third-order valence-corrected chi connectivity index (χ3v) is 5.48. The van der Waals surface area contributed by atoms with Gasteiger partial charge in [0.15, 0.2) is 0 Å². The molecule has 0 aromatic carbocycles. The maximum absolute atomic E-state index is 6.11. The average molecular weight is 312 g/mol. The van der Waals surface area contributed by atoms with E-state index in [0.717, 1.165) is 31.4 Å². The summed E-state index contributed by atoms with van der Waals surface area (Å²) in [6.45, 7) is 4.80. The summed E-state index contributed by atoms with van der Waals surface area (Å²) in [5.74, 6) is 1.84. The van der Waals surface area contributed by atoms with Crippen LogP contribution in [0.5, 0.6) is 0 Å². The Kier molecular flexibility index (Phi) is 4.19. The quantitative estimate of drug-likeness (QED) is 0.818. The van der Waals surface area contributed by atoms with Crippen LogP contribution in [0.2, 0.25) is 0 Å². The Bertz CT molecular complexity index is 614. The summed E-state index contributed by atoms with van der Waals surface area (Å²) in [6, 6.07) is 8.10. The van der Waals surface area contributed by atoms with Gasteiger partial charge in [0, 0.05) is 30.9 Å². The Labute approximate surface area is 137 Å². The lowest BCUT2D eigenvalue weighted by Gasteiger charge is -2.28. The second-order valence-corrected chi connectivity index (χ2v) is 7.05. The summed E-state index contributed by atoms with van der Waals surface area (Å²) in [5, 5.41) is 0. The van der Waals surface area contributed by atoms with Crippen molar-refractivity contribution in [1.29, 1.82) is 0 Å². The lowest BCUT2D eigenvalue weighted by Crippen LogP contribution is -2.32. The first kappa shape index (κ1) is 14.9. The fourth-order valence-electron chi connectivity index (χ4n) is 4.36. The van der Waals surface area contributed by atoms with E-state index in [2.05, 4.69) is 16.0 Å². The van der Waals surface area contributed by atoms with Crippen LogP contribution < -0.4 is 0 Å². The van der Waals surface area contributed by atoms with Crippen molar-refractivity contribution in [2.24, 2.45) is 11.3 Å². The number of hydrogen-bond donors (Lipinski definition) is 0. The lowest BCUT2D eigenvalue weighted by atomic mass is 9.81. The smallest absolute Gasteiger partial charge is 0.117 e. The van der Waals surface area contributed by atoms with Crippen molar-refractivity contribution in [2.45, 2.75) is 32.4 Å². The van der Waals surface area contributed by atoms with Crippen LogP contribution in [0.1, 0.15) is 30.6 Å². The minimum Gasteiger partial charge on any atom is -0.468 e. The molecule has 2 atom stereocenters. The fraction of sp³-hybridized carbons (Fsp3) is 0.526. The molecule has 0 amide bonds. The van der Waals surface area contributed by atoms with Gasteiger partial charge in [-0.05, 0) is 48.6 Å². The van der Waals surface area contributed by atoms with Gasteiger partial charge in [-0.3, -0.25) is 9.88 Å². The molecule has 122 valence electrons. The van der Waals surface area contributed by atoms with Crippen molar-refractivity contribution in [3.63, 3.8) is 0 Å². The second-order valence-electron chi connectivity index (χ2n) is 7.05. The molecule has 2 aromatic rings. The maximum atomic E-state index is 6.11. The summed E-state index contributed by atoms with van der Waals surface area (Å²) >= 11 is 0. The minimum atomic E-state index is 0.347. The van der Waals surface area contributed by atoms with Crippen molar-refractivity contribution in [1.82, 2.24) is 9.88 Å². The number of nitrogens with zero attached hydrogens (tertiary/aromatic N) is 2. The zero-order valence-electron chi connectivity index (χ0n) is 13.5. The van der Waals surface area contributed by atoms with Gasteiger partial charge >= 0.3 is 0 Å². The number of hydrogen-bond acceptors (Lipinski definition) is 4. The molecule has 1 saturated heterocycles. The Morgan fingerprint density at radius 1 is 1.30 bits per heavy atom. The molecular weight excluding hydrogens is 288 g/mol. The number of aromatic nitrogens is 1. The first-order valence-electron chi connectivity index (χ1n) is 8.55. The first-order valence-corrected chi connectivity index (χ1v) is 8.55. The van der Waals surface area contributed by atoms with E-state index in [-0.39, 0.29) is 0 Å². The second kappa shape index (κ2) is 6.46. The van der Waals surface area contributed by atoms with E-state index in [0.29, 0.717) is 12.0 Å². The molecule has 2 aromatic heterocycles. The average Bonchev–Trinajstić information content (AvgIpc) is 3.25. The minimum absolute atomic E-state index is 0.347. The molecule has 4 rings (SSSR count). The normalized spacial score (nSPS) is 27.4. The number of furan rings is 1. The van der Waals surface area contributed by atoms with Gasteiger partial charge in [-0.1, -0.05) is 6.42 Å². The van der Waals surface area contributed by atoms with Gasteiger partial charge in [-0.25, -0.2) is 0 Å². The molecule has 3 heterocycles. The van der Waals surface area contributed by atoms with Crippen molar-refractivity contribution in [2.75, 3.05) is 19.7 Å². The Morgan fingerprint density at radius 2 is 2.22 bits per heavy atom. The van der Waals surface area contributed by atoms with E-state index >= 15 is 0 Å². The molecular formula is C19H24N2O2. The van der Waals surface area contributed by atoms with Gasteiger partial charge in [0.05, 0.1) is 26.0 Å². The molecule has 0 radical (unpaired) electrons. The third kappa shape index (κ3) is 3.19. The Morgan fingerprint density at radius 3 is 3.04 bits per heavy atom. The molecule has 4 nitrogen and oxygen atoms in total. The van der Waals surface area contributed by atoms with Crippen molar-refractivity contribution in [3.05, 3.63) is 54.2 Å². The van der Waals surface area contributed by atoms with E-state index in [9.17, 15) is 0 Å². The van der Waals surface area contributed by atoms with Crippen LogP contribution in [0.15, 0.2) is 47.3 Å². The fourth-order valence-corrected chi connectivity index (χ4v) is 4.36. The number of pyridine rings is 1. The zero-order valence-corrected chi connectivity index (χ0v) is 13.5. The van der Waals surface area contributed by atoms with Gasteiger partial charge in [-0.2, -0.15) is 0 Å². The van der Waals surface area contributed by atoms with Gasteiger partial charge in [0.2, 0.25) is 0 Å². The molecule has 2 fully saturated rings. The number of rotatable bonds is 6. The van der Waals surface area contributed by atoms with Gasteiger partial charge in [0.25, 0.3) is 0 Å². The van der Waals surface area contributed by atoms with Gasteiger partial charge in [0.1, 0.15) is 5.76 Å². The predicted octanol–water partition coefficient (Wildman–Crippen LogP) is 3.49. The van der Waals surface area contributed by atoms with E-state index < -0.39 is 0 Å². The lowest BCUT2D eigenvalue weighted by molar-refractivity contribution is 0.0264. The zero-order chi connectivity index (χ0) is 15.5. The summed E-state index contributed by atoms with van der Waals surface area (Å²) in [5.41, 5.74) is 1.55. The molecule has 0 bridgehead atoms. The highest BCUT2D eigenvalue weighted by Gasteiger charge is 2.49. The highest BCUT2D eigenvalue weighted by molar-refractivity contribution is 5.08. The van der Waals surface area contributed by atoms with E-state index in [1.165, 1.54) is 31.4 Å². The number of ether oxygens (including phenoxy) is 1. The van der Waals surface area contributed by atoms with Crippen LogP contribution in [0.3, 0.4) is 0 Å². The van der Waals surface area contributed by atoms with Gasteiger partial charge < -0.3 is 9.15 Å². The van der Waals surface area contributed by atoms with Crippen LogP contribution in [0, 0.1) is 11.3 Å². The maximum Gasteiger partial charge on any atom is 0.117 e. The Hall–Kier alpha value is -1.65. The number of likely N-dealkylation sites (tertiary alicyclic amines) is 1. The molecule has 4 heteroatoms. The molecule has 1 aliphatic carbocycles. The van der Waals surface area contributed by atoms with Crippen molar-refractivity contribution >= 4 is 0 Å². The first-order chi connectivity index (χ1) is 11.3. The monoisotopic (exact) mass is 312 g/mol. The van der Waals surface area contributed by atoms with Crippen LogP contribution in [0.25, 0.3) is 0 Å². The van der Waals surface area contributed by atoms with Crippen LogP contribution >= 0.6 is 0 Å². The van der Waals surface area contributed by atoms with Crippen molar-refractivity contribution < 1.29 is 9.15 Å².